The van der Waals surface area contributed by atoms with Gasteiger partial charge in [0.1, 0.15) is 5.82 Å². The van der Waals surface area contributed by atoms with Crippen LogP contribution in [0, 0.1) is 6.92 Å². The Morgan fingerprint density at radius 2 is 1.90 bits per heavy atom. The van der Waals surface area contributed by atoms with Crippen LogP contribution >= 0.6 is 11.6 Å². The van der Waals surface area contributed by atoms with E-state index < -0.39 is 0 Å². The topological polar surface area (TPSA) is 56.3 Å². The van der Waals surface area contributed by atoms with Gasteiger partial charge in [0.2, 0.25) is 5.28 Å². The van der Waals surface area contributed by atoms with Crippen LogP contribution in [0.3, 0.4) is 0 Å². The highest BCUT2D eigenvalue weighted by Crippen LogP contribution is 2.33. The molecule has 1 N–H and O–H groups in total. The van der Waals surface area contributed by atoms with Crippen molar-refractivity contribution in [2.75, 3.05) is 18.5 Å². The molecule has 0 amide bonds. The van der Waals surface area contributed by atoms with Gasteiger partial charge < -0.3 is 14.8 Å². The van der Waals surface area contributed by atoms with E-state index in [0.717, 1.165) is 29.3 Å². The Bertz CT molecular complexity index is 614. The number of halogens is 1. The van der Waals surface area contributed by atoms with Crippen molar-refractivity contribution >= 4 is 23.1 Å². The standard InChI is InChI=1S/C14H14ClN3O2/c1-9-7-13(18-14(15)16-9)17-10-3-4-11-12(8-10)20-6-2-5-19-11/h3-4,7-8H,2,5-6H2,1H3,(H,16,17,18). The fourth-order valence-electron chi connectivity index (χ4n) is 1.99. The summed E-state index contributed by atoms with van der Waals surface area (Å²) in [5.41, 5.74) is 1.67. The van der Waals surface area contributed by atoms with E-state index in [4.69, 9.17) is 21.1 Å². The molecule has 104 valence electrons. The fraction of sp³-hybridized carbons (Fsp3) is 0.286. The fourth-order valence-corrected chi connectivity index (χ4v) is 2.21. The van der Waals surface area contributed by atoms with Gasteiger partial charge in [0, 0.05) is 29.9 Å². The van der Waals surface area contributed by atoms with Crippen LogP contribution in [-0.2, 0) is 0 Å². The van der Waals surface area contributed by atoms with Crippen molar-refractivity contribution in [3.8, 4) is 11.5 Å². The molecule has 6 heteroatoms. The van der Waals surface area contributed by atoms with Crippen LogP contribution in [0.1, 0.15) is 12.1 Å². The smallest absolute Gasteiger partial charge is 0.224 e. The summed E-state index contributed by atoms with van der Waals surface area (Å²) in [6.07, 6.45) is 0.887. The molecule has 1 aliphatic heterocycles. The van der Waals surface area contributed by atoms with Crippen molar-refractivity contribution in [2.24, 2.45) is 0 Å². The number of hydrogen-bond acceptors (Lipinski definition) is 5. The summed E-state index contributed by atoms with van der Waals surface area (Å²) in [6, 6.07) is 7.53. The molecule has 0 bridgehead atoms. The van der Waals surface area contributed by atoms with Gasteiger partial charge in [0.15, 0.2) is 11.5 Å². The summed E-state index contributed by atoms with van der Waals surface area (Å²) >= 11 is 5.85. The number of nitrogens with one attached hydrogen (secondary N) is 1. The zero-order chi connectivity index (χ0) is 13.9. The Labute approximate surface area is 121 Å². The number of nitrogens with zero attached hydrogens (tertiary/aromatic N) is 2. The summed E-state index contributed by atoms with van der Waals surface area (Å²) in [5.74, 6) is 2.16. The van der Waals surface area contributed by atoms with Gasteiger partial charge in [0.05, 0.1) is 13.2 Å². The molecule has 1 aliphatic rings. The molecule has 2 heterocycles. The van der Waals surface area contributed by atoms with Crippen LogP contribution in [0.15, 0.2) is 24.3 Å². The van der Waals surface area contributed by atoms with Crippen molar-refractivity contribution in [3.05, 3.63) is 35.2 Å². The van der Waals surface area contributed by atoms with Crippen molar-refractivity contribution in [3.63, 3.8) is 0 Å². The number of fused-ring (bicyclic) bond motifs is 1. The number of ether oxygens (including phenoxy) is 2. The van der Waals surface area contributed by atoms with Gasteiger partial charge >= 0.3 is 0 Å². The maximum atomic E-state index is 5.85. The maximum Gasteiger partial charge on any atom is 0.224 e. The van der Waals surface area contributed by atoms with Crippen LogP contribution in [0.25, 0.3) is 0 Å². The number of benzene rings is 1. The highest BCUT2D eigenvalue weighted by molar-refractivity contribution is 6.28. The first-order valence-corrected chi connectivity index (χ1v) is 6.76. The molecule has 5 nitrogen and oxygen atoms in total. The van der Waals surface area contributed by atoms with Gasteiger partial charge in [-0.05, 0) is 30.7 Å². The van der Waals surface area contributed by atoms with Crippen molar-refractivity contribution < 1.29 is 9.47 Å². The Hall–Kier alpha value is -2.01. The number of aromatic nitrogens is 2. The molecule has 0 radical (unpaired) electrons. The Morgan fingerprint density at radius 3 is 2.70 bits per heavy atom. The summed E-state index contributed by atoms with van der Waals surface area (Å²) in [5, 5.41) is 3.41. The molecule has 1 aromatic carbocycles. The molecule has 0 aliphatic carbocycles. The first kappa shape index (κ1) is 13.0. The molecule has 0 atom stereocenters. The SMILES string of the molecule is Cc1cc(Nc2ccc3c(c2)OCCCO3)nc(Cl)n1. The average molecular weight is 292 g/mol. The highest BCUT2D eigenvalue weighted by Gasteiger charge is 2.11. The second-order valence-electron chi connectivity index (χ2n) is 4.50. The molecule has 1 aromatic heterocycles. The van der Waals surface area contributed by atoms with Crippen LogP contribution in [0.5, 0.6) is 11.5 Å². The molecular formula is C14H14ClN3O2. The Kier molecular flexibility index (Phi) is 3.60. The molecule has 0 fully saturated rings. The zero-order valence-electron chi connectivity index (χ0n) is 11.0. The van der Waals surface area contributed by atoms with E-state index in [1.165, 1.54) is 0 Å². The molecule has 0 spiro atoms. The van der Waals surface area contributed by atoms with E-state index in [1.54, 1.807) is 0 Å². The Balaban J connectivity index is 1.85. The molecule has 0 unspecified atom stereocenters. The third-order valence-electron chi connectivity index (χ3n) is 2.85. The predicted octanol–water partition coefficient (Wildman–Crippen LogP) is 3.34. The number of anilines is 2. The first-order valence-electron chi connectivity index (χ1n) is 6.38. The van der Waals surface area contributed by atoms with Crippen molar-refractivity contribution in [1.29, 1.82) is 0 Å². The molecule has 0 saturated carbocycles. The largest absolute Gasteiger partial charge is 0.490 e. The van der Waals surface area contributed by atoms with Gasteiger partial charge in [-0.25, -0.2) is 9.97 Å². The van der Waals surface area contributed by atoms with E-state index >= 15 is 0 Å². The summed E-state index contributed by atoms with van der Waals surface area (Å²) in [7, 11) is 0. The molecule has 2 aromatic rings. The Morgan fingerprint density at radius 1 is 1.10 bits per heavy atom. The second kappa shape index (κ2) is 5.54. The average Bonchev–Trinajstić information content (AvgIpc) is 2.62. The van der Waals surface area contributed by atoms with E-state index in [-0.39, 0.29) is 5.28 Å². The summed E-state index contributed by atoms with van der Waals surface area (Å²) in [6.45, 7) is 3.21. The normalized spacial score (nSPS) is 13.7. The molecular weight excluding hydrogens is 278 g/mol. The highest BCUT2D eigenvalue weighted by atomic mass is 35.5. The van der Waals surface area contributed by atoms with E-state index in [2.05, 4.69) is 15.3 Å². The third kappa shape index (κ3) is 2.93. The van der Waals surface area contributed by atoms with Gasteiger partial charge in [-0.3, -0.25) is 0 Å². The number of aryl methyl sites for hydroxylation is 1. The van der Waals surface area contributed by atoms with E-state index in [9.17, 15) is 0 Å². The van der Waals surface area contributed by atoms with E-state index in [0.29, 0.717) is 19.0 Å². The summed E-state index contributed by atoms with van der Waals surface area (Å²) < 4.78 is 11.2. The van der Waals surface area contributed by atoms with Crippen LogP contribution in [0.4, 0.5) is 11.5 Å². The quantitative estimate of drug-likeness (QED) is 0.860. The minimum absolute atomic E-state index is 0.224. The van der Waals surface area contributed by atoms with Crippen LogP contribution in [0.2, 0.25) is 5.28 Å². The number of hydrogen-bond donors (Lipinski definition) is 1. The predicted molar refractivity (Wildman–Crippen MR) is 77.1 cm³/mol. The minimum atomic E-state index is 0.224. The third-order valence-corrected chi connectivity index (χ3v) is 3.02. The van der Waals surface area contributed by atoms with Crippen LogP contribution < -0.4 is 14.8 Å². The van der Waals surface area contributed by atoms with Gasteiger partial charge in [-0.2, -0.15) is 0 Å². The molecule has 20 heavy (non-hydrogen) atoms. The van der Waals surface area contributed by atoms with Gasteiger partial charge in [-0.1, -0.05) is 0 Å². The maximum absolute atomic E-state index is 5.85. The van der Waals surface area contributed by atoms with Crippen molar-refractivity contribution in [2.45, 2.75) is 13.3 Å². The van der Waals surface area contributed by atoms with Crippen molar-refractivity contribution in [1.82, 2.24) is 9.97 Å². The lowest BCUT2D eigenvalue weighted by Gasteiger charge is -2.11. The molecule has 0 saturated heterocycles. The molecule has 3 rings (SSSR count). The van der Waals surface area contributed by atoms with Crippen LogP contribution in [-0.4, -0.2) is 23.2 Å². The first-order chi connectivity index (χ1) is 9.70. The monoisotopic (exact) mass is 291 g/mol. The lowest BCUT2D eigenvalue weighted by atomic mass is 10.2. The lowest BCUT2D eigenvalue weighted by Crippen LogP contribution is -1.98. The minimum Gasteiger partial charge on any atom is -0.490 e. The van der Waals surface area contributed by atoms with E-state index in [1.807, 2.05) is 31.2 Å². The summed E-state index contributed by atoms with van der Waals surface area (Å²) in [4.78, 5) is 8.16. The second-order valence-corrected chi connectivity index (χ2v) is 4.84. The lowest BCUT2D eigenvalue weighted by molar-refractivity contribution is 0.297. The number of rotatable bonds is 2. The zero-order valence-corrected chi connectivity index (χ0v) is 11.8. The van der Waals surface area contributed by atoms with Gasteiger partial charge in [0.25, 0.3) is 0 Å². The van der Waals surface area contributed by atoms with Gasteiger partial charge in [-0.15, -0.1) is 0 Å².